The molecule has 0 aliphatic carbocycles. The van der Waals surface area contributed by atoms with Crippen LogP contribution in [-0.4, -0.2) is 54.6 Å². The number of aryl methyl sites for hydroxylation is 2. The smallest absolute Gasteiger partial charge is 0.243 e. The van der Waals surface area contributed by atoms with Gasteiger partial charge in [0.1, 0.15) is 6.04 Å². The third-order valence-corrected chi connectivity index (χ3v) is 8.28. The van der Waals surface area contributed by atoms with Gasteiger partial charge in [0.05, 0.1) is 11.4 Å². The Kier molecular flexibility index (Phi) is 9.69. The van der Waals surface area contributed by atoms with E-state index in [9.17, 15) is 18.0 Å². The van der Waals surface area contributed by atoms with Crippen molar-refractivity contribution in [3.05, 3.63) is 101 Å². The van der Waals surface area contributed by atoms with Crippen LogP contribution in [0.15, 0.2) is 83.8 Å². The molecule has 3 aromatic rings. The second kappa shape index (κ2) is 12.6. The third kappa shape index (κ3) is 8.25. The van der Waals surface area contributed by atoms with Crippen molar-refractivity contribution in [1.82, 2.24) is 14.5 Å². The predicted molar refractivity (Wildman–Crippen MR) is 155 cm³/mol. The number of benzene rings is 3. The molecule has 0 saturated heterocycles. The maximum absolute atomic E-state index is 13.9. The number of carbonyl (C=O) groups excluding carboxylic acids is 2. The molecule has 0 spiro atoms. The number of amides is 2. The first-order valence-corrected chi connectivity index (χ1v) is 14.4. The third-order valence-electron chi connectivity index (χ3n) is 6.46. The number of rotatable bonds is 10. The Labute approximate surface area is 232 Å². The second-order valence-corrected chi connectivity index (χ2v) is 13.0. The molecular weight excluding hydrogens is 510 g/mol. The van der Waals surface area contributed by atoms with Gasteiger partial charge in [0.2, 0.25) is 21.8 Å². The summed E-state index contributed by atoms with van der Waals surface area (Å²) in [7, 11) is -2.52. The van der Waals surface area contributed by atoms with Gasteiger partial charge in [0, 0.05) is 25.6 Å². The van der Waals surface area contributed by atoms with Crippen molar-refractivity contribution >= 4 is 21.8 Å². The lowest BCUT2D eigenvalue weighted by Crippen LogP contribution is -2.56. The molecule has 1 N–H and O–H groups in total. The van der Waals surface area contributed by atoms with Crippen LogP contribution in [0.1, 0.15) is 43.0 Å². The van der Waals surface area contributed by atoms with E-state index in [2.05, 4.69) is 5.32 Å². The number of carbonyl (C=O) groups is 2. The Balaban J connectivity index is 2.00. The summed E-state index contributed by atoms with van der Waals surface area (Å²) in [5.74, 6) is -0.751. The summed E-state index contributed by atoms with van der Waals surface area (Å²) in [5, 5.41) is 3.03. The van der Waals surface area contributed by atoms with Crippen LogP contribution in [0.4, 0.5) is 0 Å². The summed E-state index contributed by atoms with van der Waals surface area (Å²) in [6, 6.07) is 22.9. The van der Waals surface area contributed by atoms with Gasteiger partial charge in [-0.3, -0.25) is 9.59 Å². The molecule has 1 atom stereocenters. The Hall–Kier alpha value is -3.49. The van der Waals surface area contributed by atoms with Crippen LogP contribution in [0.2, 0.25) is 0 Å². The van der Waals surface area contributed by atoms with Crippen molar-refractivity contribution in [2.24, 2.45) is 0 Å². The van der Waals surface area contributed by atoms with Gasteiger partial charge in [0.15, 0.2) is 0 Å². The fourth-order valence-electron chi connectivity index (χ4n) is 4.23. The Morgan fingerprint density at radius 3 is 2.05 bits per heavy atom. The molecule has 0 aliphatic heterocycles. The van der Waals surface area contributed by atoms with E-state index in [0.29, 0.717) is 0 Å². The molecular formula is C31H39N3O4S. The van der Waals surface area contributed by atoms with Crippen LogP contribution in [-0.2, 0) is 32.6 Å². The van der Waals surface area contributed by atoms with Crippen LogP contribution in [0.25, 0.3) is 0 Å². The SMILES string of the molecule is Cc1ccc(S(=O)(=O)N(C)CC(=O)N(Cc2ccccc2C)[C@H](Cc2ccccc2)C(=O)NC(C)(C)C)cc1. The normalized spacial score (nSPS) is 12.7. The summed E-state index contributed by atoms with van der Waals surface area (Å²) >= 11 is 0. The second-order valence-electron chi connectivity index (χ2n) is 11.0. The molecule has 0 bridgehead atoms. The zero-order valence-corrected chi connectivity index (χ0v) is 24.5. The van der Waals surface area contributed by atoms with Crippen molar-refractivity contribution in [2.75, 3.05) is 13.6 Å². The fourth-order valence-corrected chi connectivity index (χ4v) is 5.35. The molecule has 0 radical (unpaired) electrons. The number of sulfonamides is 1. The molecule has 7 nitrogen and oxygen atoms in total. The lowest BCUT2D eigenvalue weighted by Gasteiger charge is -2.35. The highest BCUT2D eigenvalue weighted by Crippen LogP contribution is 2.20. The minimum atomic E-state index is -3.91. The summed E-state index contributed by atoms with van der Waals surface area (Å²) in [5.41, 5.74) is 3.18. The zero-order chi connectivity index (χ0) is 28.8. The number of hydrogen-bond donors (Lipinski definition) is 1. The monoisotopic (exact) mass is 549 g/mol. The topological polar surface area (TPSA) is 86.8 Å². The van der Waals surface area contributed by atoms with Gasteiger partial charge >= 0.3 is 0 Å². The first-order valence-electron chi connectivity index (χ1n) is 13.0. The summed E-state index contributed by atoms with van der Waals surface area (Å²) in [6.07, 6.45) is 0.287. The lowest BCUT2D eigenvalue weighted by atomic mass is 10.00. The van der Waals surface area contributed by atoms with Crippen molar-refractivity contribution in [2.45, 2.75) is 64.1 Å². The van der Waals surface area contributed by atoms with E-state index >= 15 is 0 Å². The predicted octanol–water partition coefficient (Wildman–Crippen LogP) is 4.48. The molecule has 0 aromatic heterocycles. The number of likely N-dealkylation sites (N-methyl/N-ethyl adjacent to an activating group) is 1. The first-order chi connectivity index (χ1) is 18.3. The molecule has 0 unspecified atom stereocenters. The van der Waals surface area contributed by atoms with Gasteiger partial charge < -0.3 is 10.2 Å². The highest BCUT2D eigenvalue weighted by atomic mass is 32.2. The quantitative estimate of drug-likeness (QED) is 0.404. The van der Waals surface area contributed by atoms with Gasteiger partial charge in [-0.2, -0.15) is 4.31 Å². The van der Waals surface area contributed by atoms with E-state index < -0.39 is 34.1 Å². The molecule has 3 rings (SSSR count). The maximum Gasteiger partial charge on any atom is 0.243 e. The van der Waals surface area contributed by atoms with E-state index in [1.54, 1.807) is 12.1 Å². The van der Waals surface area contributed by atoms with E-state index in [1.165, 1.54) is 24.1 Å². The van der Waals surface area contributed by atoms with E-state index in [0.717, 1.165) is 26.6 Å². The van der Waals surface area contributed by atoms with Crippen LogP contribution < -0.4 is 5.32 Å². The zero-order valence-electron chi connectivity index (χ0n) is 23.6. The molecule has 0 saturated carbocycles. The minimum absolute atomic E-state index is 0.111. The summed E-state index contributed by atoms with van der Waals surface area (Å²) < 4.78 is 27.6. The summed E-state index contributed by atoms with van der Waals surface area (Å²) in [4.78, 5) is 29.2. The molecule has 39 heavy (non-hydrogen) atoms. The molecule has 2 amide bonds. The Morgan fingerprint density at radius 1 is 0.872 bits per heavy atom. The van der Waals surface area contributed by atoms with Gasteiger partial charge in [-0.05, 0) is 63.4 Å². The molecule has 0 heterocycles. The molecule has 208 valence electrons. The number of hydrogen-bond acceptors (Lipinski definition) is 4. The minimum Gasteiger partial charge on any atom is -0.350 e. The van der Waals surface area contributed by atoms with Crippen molar-refractivity contribution < 1.29 is 18.0 Å². The lowest BCUT2D eigenvalue weighted by molar-refractivity contribution is -0.141. The highest BCUT2D eigenvalue weighted by molar-refractivity contribution is 7.89. The largest absolute Gasteiger partial charge is 0.350 e. The van der Waals surface area contributed by atoms with Crippen molar-refractivity contribution in [3.8, 4) is 0 Å². The van der Waals surface area contributed by atoms with Crippen molar-refractivity contribution in [1.29, 1.82) is 0 Å². The molecule has 3 aromatic carbocycles. The highest BCUT2D eigenvalue weighted by Gasteiger charge is 2.34. The first kappa shape index (κ1) is 30.1. The van der Waals surface area contributed by atoms with Crippen LogP contribution in [0.5, 0.6) is 0 Å². The average molecular weight is 550 g/mol. The molecule has 0 aliphatic rings. The number of nitrogens with zero attached hydrogens (tertiary/aromatic N) is 2. The van der Waals surface area contributed by atoms with E-state index in [1.807, 2.05) is 89.2 Å². The molecule has 8 heteroatoms. The Morgan fingerprint density at radius 2 is 1.46 bits per heavy atom. The molecule has 0 fully saturated rings. The standard InChI is InChI=1S/C31H39N3O4S/c1-23-16-18-27(19-17-23)39(37,38)33(6)22-29(35)34(21-26-15-11-10-12-24(26)2)28(30(36)32-31(3,4)5)20-25-13-8-7-9-14-25/h7-19,28H,20-22H2,1-6H3,(H,32,36)/t28-/m1/s1. The van der Waals surface area contributed by atoms with Crippen LogP contribution in [0, 0.1) is 13.8 Å². The van der Waals surface area contributed by atoms with Crippen LogP contribution >= 0.6 is 0 Å². The van der Waals surface area contributed by atoms with Crippen molar-refractivity contribution in [3.63, 3.8) is 0 Å². The maximum atomic E-state index is 13.9. The summed E-state index contributed by atoms with van der Waals surface area (Å²) in [6.45, 7) is 9.25. The van der Waals surface area contributed by atoms with Gasteiger partial charge in [-0.1, -0.05) is 72.3 Å². The fraction of sp³-hybridized carbons (Fsp3) is 0.355. The van der Waals surface area contributed by atoms with Gasteiger partial charge in [0.25, 0.3) is 0 Å². The van der Waals surface area contributed by atoms with Gasteiger partial charge in [-0.25, -0.2) is 8.42 Å². The van der Waals surface area contributed by atoms with E-state index in [4.69, 9.17) is 0 Å². The van der Waals surface area contributed by atoms with Gasteiger partial charge in [-0.15, -0.1) is 0 Å². The average Bonchev–Trinajstić information content (AvgIpc) is 2.87. The number of nitrogens with one attached hydrogen (secondary N) is 1. The Bertz CT molecular complexity index is 1380. The van der Waals surface area contributed by atoms with Crippen LogP contribution in [0.3, 0.4) is 0 Å². The van der Waals surface area contributed by atoms with E-state index in [-0.39, 0.29) is 23.8 Å².